The largest absolute Gasteiger partial charge is 0.240 e. The second-order valence-corrected chi connectivity index (χ2v) is 2.10. The van der Waals surface area contributed by atoms with Gasteiger partial charge >= 0.3 is 0 Å². The Morgan fingerprint density at radius 2 is 1.06 bits per heavy atom. The number of nitrogens with zero attached hydrogens (tertiary/aromatic N) is 2. The molecule has 0 amide bonds. The smallest absolute Gasteiger partial charge is 0.222 e. The molecular formula is C10H6N4O4. The molecule has 90 valence electrons. The molecule has 0 bridgehead atoms. The Kier molecular flexibility index (Phi) is 13.1. The van der Waals surface area contributed by atoms with E-state index in [1.165, 1.54) is 12.2 Å². The Hall–Kier alpha value is -3.26. The van der Waals surface area contributed by atoms with Crippen LogP contribution in [0, 0.1) is 10.8 Å². The van der Waals surface area contributed by atoms with E-state index in [9.17, 15) is 9.59 Å². The van der Waals surface area contributed by atoms with Crippen molar-refractivity contribution in [3.8, 4) is 0 Å². The van der Waals surface area contributed by atoms with Crippen molar-refractivity contribution in [1.29, 1.82) is 10.8 Å². The van der Waals surface area contributed by atoms with Crippen molar-refractivity contribution in [3.05, 3.63) is 24.3 Å². The van der Waals surface area contributed by atoms with Crippen LogP contribution >= 0.6 is 0 Å². The molecule has 0 spiro atoms. The van der Waals surface area contributed by atoms with E-state index in [4.69, 9.17) is 20.4 Å². The van der Waals surface area contributed by atoms with Gasteiger partial charge in [-0.1, -0.05) is 12.1 Å². The Bertz CT molecular complexity index is 482. The molecule has 8 nitrogen and oxygen atoms in total. The van der Waals surface area contributed by atoms with Crippen LogP contribution in [0.25, 0.3) is 0 Å². The van der Waals surface area contributed by atoms with E-state index >= 15 is 0 Å². The van der Waals surface area contributed by atoms with Gasteiger partial charge in [0.05, 0.1) is 0 Å². The maximum absolute atomic E-state index is 9.90. The van der Waals surface area contributed by atoms with Crippen LogP contribution in [0.4, 0.5) is 11.4 Å². The molecule has 0 heterocycles. The molecule has 18 heavy (non-hydrogen) atoms. The first-order chi connectivity index (χ1) is 8.71. The van der Waals surface area contributed by atoms with Gasteiger partial charge in [0.25, 0.3) is 0 Å². The molecular weight excluding hydrogens is 240 g/mol. The van der Waals surface area contributed by atoms with E-state index < -0.39 is 0 Å². The normalized spacial score (nSPS) is 6.22. The molecule has 0 fully saturated rings. The fraction of sp³-hybridized carbons (Fsp3) is 0. The molecule has 0 saturated carbocycles. The van der Waals surface area contributed by atoms with Crippen molar-refractivity contribution >= 4 is 35.7 Å². The van der Waals surface area contributed by atoms with Crippen molar-refractivity contribution in [2.45, 2.75) is 0 Å². The number of hydrogen-bond donors (Lipinski definition) is 2. The van der Waals surface area contributed by atoms with Gasteiger partial charge in [0.1, 0.15) is 11.4 Å². The molecule has 1 rings (SSSR count). The van der Waals surface area contributed by atoms with Gasteiger partial charge < -0.3 is 0 Å². The lowest BCUT2D eigenvalue weighted by atomic mass is 10.3. The zero-order chi connectivity index (χ0) is 14.2. The minimum absolute atomic E-state index is 0.316. The maximum Gasteiger partial charge on any atom is 0.240 e. The molecule has 0 radical (unpaired) electrons. The minimum Gasteiger partial charge on any atom is -0.222 e. The molecule has 0 unspecified atom stereocenters. The summed E-state index contributed by atoms with van der Waals surface area (Å²) >= 11 is 0. The predicted octanol–water partition coefficient (Wildman–Crippen LogP) is 1.42. The zero-order valence-corrected chi connectivity index (χ0v) is 8.84. The molecule has 0 aliphatic carbocycles. The van der Waals surface area contributed by atoms with Crippen LogP contribution in [-0.4, -0.2) is 24.3 Å². The topological polar surface area (TPSA) is 141 Å². The van der Waals surface area contributed by atoms with Gasteiger partial charge in [-0.05, 0) is 12.1 Å². The first kappa shape index (κ1) is 17.1. The van der Waals surface area contributed by atoms with E-state index in [1.807, 2.05) is 0 Å². The molecule has 1 aromatic rings. The van der Waals surface area contributed by atoms with Gasteiger partial charge in [-0.15, -0.1) is 0 Å². The van der Waals surface area contributed by atoms with Gasteiger partial charge in [-0.2, -0.15) is 9.98 Å². The quantitative estimate of drug-likeness (QED) is 0.601. The second-order valence-electron chi connectivity index (χ2n) is 2.10. The van der Waals surface area contributed by atoms with Gasteiger partial charge in [-0.3, -0.25) is 0 Å². The van der Waals surface area contributed by atoms with Gasteiger partial charge in [0, 0.05) is 0 Å². The summed E-state index contributed by atoms with van der Waals surface area (Å²) in [6, 6.07) is 6.47. The number of para-hydroxylation sites is 2. The average Bonchev–Trinajstić information content (AvgIpc) is 2.34. The van der Waals surface area contributed by atoms with E-state index in [0.717, 1.165) is 12.2 Å². The van der Waals surface area contributed by atoms with Crippen LogP contribution in [0.1, 0.15) is 0 Å². The highest BCUT2D eigenvalue weighted by molar-refractivity contribution is 5.67. The summed E-state index contributed by atoms with van der Waals surface area (Å²) in [4.78, 5) is 43.2. The van der Waals surface area contributed by atoms with E-state index in [-0.39, 0.29) is 0 Å². The molecule has 0 aromatic heterocycles. The molecule has 0 saturated heterocycles. The number of hydrogen-bond acceptors (Lipinski definition) is 8. The fourth-order valence-electron chi connectivity index (χ4n) is 0.752. The number of aliphatic imine (C=N–C) groups is 2. The van der Waals surface area contributed by atoms with Gasteiger partial charge in [0.2, 0.25) is 24.3 Å². The fourth-order valence-corrected chi connectivity index (χ4v) is 0.752. The standard InChI is InChI=1S/C8H4N2O2.2CHNO/c11-5-9-7-3-1-2-4-8(7)10-6-12;2*2-1-3/h1-4H;2*2H. The van der Waals surface area contributed by atoms with Crippen molar-refractivity contribution < 1.29 is 19.2 Å². The number of benzene rings is 1. The molecule has 0 aliphatic rings. The summed E-state index contributed by atoms with van der Waals surface area (Å²) < 4.78 is 0. The minimum atomic E-state index is 0.316. The monoisotopic (exact) mass is 246 g/mol. The molecule has 0 aliphatic heterocycles. The predicted molar refractivity (Wildman–Crippen MR) is 58.8 cm³/mol. The lowest BCUT2D eigenvalue weighted by Gasteiger charge is -1.92. The van der Waals surface area contributed by atoms with Crippen molar-refractivity contribution in [3.63, 3.8) is 0 Å². The van der Waals surface area contributed by atoms with E-state index in [2.05, 4.69) is 9.98 Å². The van der Waals surface area contributed by atoms with E-state index in [0.29, 0.717) is 11.4 Å². The van der Waals surface area contributed by atoms with Crippen molar-refractivity contribution in [2.75, 3.05) is 0 Å². The third kappa shape index (κ3) is 9.30. The van der Waals surface area contributed by atoms with Crippen LogP contribution in [0.2, 0.25) is 0 Å². The number of nitrogens with one attached hydrogen (secondary N) is 2. The third-order valence-electron chi connectivity index (χ3n) is 1.21. The summed E-state index contributed by atoms with van der Waals surface area (Å²) in [6.07, 6.45) is 4.24. The van der Waals surface area contributed by atoms with Crippen LogP contribution in [0.3, 0.4) is 0 Å². The highest BCUT2D eigenvalue weighted by atomic mass is 16.1. The lowest BCUT2D eigenvalue weighted by Crippen LogP contribution is -1.66. The number of carbonyl (C=O) groups excluding carboxylic acids is 4. The summed E-state index contributed by atoms with van der Waals surface area (Å²) in [5.74, 6) is 0. The maximum atomic E-state index is 9.90. The molecule has 1 aromatic carbocycles. The lowest BCUT2D eigenvalue weighted by molar-refractivity contribution is 0.562. The second kappa shape index (κ2) is 13.7. The van der Waals surface area contributed by atoms with E-state index in [1.54, 1.807) is 24.3 Å². The average molecular weight is 246 g/mol. The third-order valence-corrected chi connectivity index (χ3v) is 1.21. The summed E-state index contributed by atoms with van der Waals surface area (Å²) in [6.45, 7) is 0. The van der Waals surface area contributed by atoms with Crippen LogP contribution in [-0.2, 0) is 19.2 Å². The van der Waals surface area contributed by atoms with Gasteiger partial charge in [-0.25, -0.2) is 30.0 Å². The SMILES string of the molecule is N=C=O.N=C=O.O=C=Nc1ccccc1N=C=O. The Labute approximate surface area is 101 Å². The van der Waals surface area contributed by atoms with Crippen molar-refractivity contribution in [1.82, 2.24) is 0 Å². The first-order valence-corrected chi connectivity index (χ1v) is 4.04. The molecule has 0 atom stereocenters. The summed E-state index contributed by atoms with van der Waals surface area (Å²) in [7, 11) is 0. The molecule has 2 N–H and O–H groups in total. The molecule has 8 heteroatoms. The zero-order valence-electron chi connectivity index (χ0n) is 8.84. The highest BCUT2D eigenvalue weighted by Crippen LogP contribution is 2.25. The summed E-state index contributed by atoms with van der Waals surface area (Å²) in [5.41, 5.74) is 0.631. The first-order valence-electron chi connectivity index (χ1n) is 4.04. The number of isocyanates is 4. The Morgan fingerprint density at radius 3 is 1.28 bits per heavy atom. The Balaban J connectivity index is 0. The van der Waals surface area contributed by atoms with Crippen LogP contribution < -0.4 is 0 Å². The van der Waals surface area contributed by atoms with Gasteiger partial charge in [0.15, 0.2) is 0 Å². The Morgan fingerprint density at radius 1 is 0.778 bits per heavy atom. The van der Waals surface area contributed by atoms with Crippen LogP contribution in [0.5, 0.6) is 0 Å². The highest BCUT2D eigenvalue weighted by Gasteiger charge is 1.96. The summed E-state index contributed by atoms with van der Waals surface area (Å²) in [5, 5.41) is 10.8. The van der Waals surface area contributed by atoms with Crippen molar-refractivity contribution in [2.24, 2.45) is 9.98 Å². The number of rotatable bonds is 2. The van der Waals surface area contributed by atoms with Crippen LogP contribution in [0.15, 0.2) is 34.3 Å².